The molecular formula is C14H21N5O2. The molecule has 0 radical (unpaired) electrons. The highest BCUT2D eigenvalue weighted by molar-refractivity contribution is 4.98. The van der Waals surface area contributed by atoms with Gasteiger partial charge in [-0.2, -0.15) is 4.98 Å². The lowest BCUT2D eigenvalue weighted by molar-refractivity contribution is 0.108. The van der Waals surface area contributed by atoms with E-state index in [0.29, 0.717) is 11.7 Å². The third-order valence-electron chi connectivity index (χ3n) is 3.95. The largest absolute Gasteiger partial charge is 0.380 e. The summed E-state index contributed by atoms with van der Waals surface area (Å²) in [6.07, 6.45) is 7.83. The fraction of sp³-hybridized carbons (Fsp3) is 0.643. The van der Waals surface area contributed by atoms with Gasteiger partial charge in [0.25, 0.3) is 0 Å². The molecule has 2 aromatic rings. The monoisotopic (exact) mass is 291 g/mol. The summed E-state index contributed by atoms with van der Waals surface area (Å²) in [7, 11) is 1.76. The Morgan fingerprint density at radius 3 is 3.00 bits per heavy atom. The summed E-state index contributed by atoms with van der Waals surface area (Å²) in [5, 5.41) is 3.90. The molecule has 114 valence electrons. The Morgan fingerprint density at radius 2 is 2.33 bits per heavy atom. The second-order valence-corrected chi connectivity index (χ2v) is 5.44. The molecule has 1 aliphatic rings. The van der Waals surface area contributed by atoms with Crippen molar-refractivity contribution < 1.29 is 9.26 Å². The van der Waals surface area contributed by atoms with Crippen LogP contribution in [-0.4, -0.2) is 50.9 Å². The number of hydrogen-bond donors (Lipinski definition) is 0. The van der Waals surface area contributed by atoms with E-state index in [1.165, 1.54) is 0 Å². The van der Waals surface area contributed by atoms with Crippen LogP contribution >= 0.6 is 0 Å². The van der Waals surface area contributed by atoms with Gasteiger partial charge in [-0.1, -0.05) is 5.16 Å². The summed E-state index contributed by atoms with van der Waals surface area (Å²) in [5.74, 6) is 1.39. The van der Waals surface area contributed by atoms with Gasteiger partial charge in [0.2, 0.25) is 5.89 Å². The molecule has 2 atom stereocenters. The maximum atomic E-state index is 5.51. The van der Waals surface area contributed by atoms with Gasteiger partial charge < -0.3 is 13.8 Å². The van der Waals surface area contributed by atoms with Crippen LogP contribution in [-0.2, 0) is 11.3 Å². The number of nitrogens with zero attached hydrogens (tertiary/aromatic N) is 5. The quantitative estimate of drug-likeness (QED) is 0.802. The standard InChI is InChI=1S/C14H21N5O2/c1-11-16-14(21-17-11)13-8-12(20-2)9-19(13)6-3-5-18-7-4-15-10-18/h4,7,10,12-13H,3,5-6,8-9H2,1-2H3/t12-,13+/m0/s1. The van der Waals surface area contributed by atoms with E-state index in [0.717, 1.165) is 32.5 Å². The van der Waals surface area contributed by atoms with Gasteiger partial charge in [0, 0.05) is 39.1 Å². The fourth-order valence-electron chi connectivity index (χ4n) is 2.86. The Bertz CT molecular complexity index is 553. The van der Waals surface area contributed by atoms with Crippen molar-refractivity contribution in [2.75, 3.05) is 20.2 Å². The van der Waals surface area contributed by atoms with E-state index in [1.54, 1.807) is 13.3 Å². The average molecular weight is 291 g/mol. The third-order valence-corrected chi connectivity index (χ3v) is 3.95. The average Bonchev–Trinajstić information content (AvgIpc) is 3.19. The number of imidazole rings is 1. The first-order valence-electron chi connectivity index (χ1n) is 7.29. The van der Waals surface area contributed by atoms with E-state index in [-0.39, 0.29) is 12.1 Å². The summed E-state index contributed by atoms with van der Waals surface area (Å²) < 4.78 is 12.9. The molecule has 0 N–H and O–H groups in total. The number of aromatic nitrogens is 4. The highest BCUT2D eigenvalue weighted by atomic mass is 16.5. The molecule has 0 aromatic carbocycles. The molecule has 0 amide bonds. The first-order chi connectivity index (χ1) is 10.3. The topological polar surface area (TPSA) is 69.2 Å². The van der Waals surface area contributed by atoms with Crippen LogP contribution in [0.3, 0.4) is 0 Å². The molecule has 0 bridgehead atoms. The Balaban J connectivity index is 1.60. The zero-order chi connectivity index (χ0) is 14.7. The van der Waals surface area contributed by atoms with Gasteiger partial charge in [-0.05, 0) is 19.8 Å². The summed E-state index contributed by atoms with van der Waals surface area (Å²) >= 11 is 0. The number of hydrogen-bond acceptors (Lipinski definition) is 6. The van der Waals surface area contributed by atoms with Crippen molar-refractivity contribution in [1.82, 2.24) is 24.6 Å². The lowest BCUT2D eigenvalue weighted by atomic mass is 10.2. The van der Waals surface area contributed by atoms with Crippen LogP contribution in [0.4, 0.5) is 0 Å². The van der Waals surface area contributed by atoms with Crippen LogP contribution in [0.5, 0.6) is 0 Å². The van der Waals surface area contributed by atoms with Gasteiger partial charge in [0.15, 0.2) is 5.82 Å². The second-order valence-electron chi connectivity index (χ2n) is 5.44. The van der Waals surface area contributed by atoms with E-state index in [9.17, 15) is 0 Å². The lowest BCUT2D eigenvalue weighted by Gasteiger charge is -2.21. The van der Waals surface area contributed by atoms with Crippen molar-refractivity contribution >= 4 is 0 Å². The van der Waals surface area contributed by atoms with Crippen LogP contribution in [0.1, 0.15) is 30.6 Å². The van der Waals surface area contributed by atoms with Crippen LogP contribution in [0.15, 0.2) is 23.2 Å². The van der Waals surface area contributed by atoms with E-state index in [1.807, 2.05) is 19.4 Å². The molecule has 0 unspecified atom stereocenters. The molecule has 7 heteroatoms. The molecule has 0 saturated carbocycles. The minimum absolute atomic E-state index is 0.166. The minimum Gasteiger partial charge on any atom is -0.380 e. The van der Waals surface area contributed by atoms with E-state index < -0.39 is 0 Å². The smallest absolute Gasteiger partial charge is 0.244 e. The van der Waals surface area contributed by atoms with E-state index in [2.05, 4.69) is 24.6 Å². The molecule has 3 heterocycles. The SMILES string of the molecule is CO[C@H]1C[C@H](c2nc(C)no2)N(CCCn2ccnc2)C1. The first-order valence-corrected chi connectivity index (χ1v) is 7.29. The molecule has 1 saturated heterocycles. The summed E-state index contributed by atoms with van der Waals surface area (Å²) in [4.78, 5) is 10.8. The Morgan fingerprint density at radius 1 is 1.43 bits per heavy atom. The maximum absolute atomic E-state index is 5.51. The van der Waals surface area contributed by atoms with Crippen molar-refractivity contribution in [1.29, 1.82) is 0 Å². The normalized spacial score (nSPS) is 23.0. The van der Waals surface area contributed by atoms with Crippen LogP contribution in [0.25, 0.3) is 0 Å². The first kappa shape index (κ1) is 14.2. The van der Waals surface area contributed by atoms with Crippen molar-refractivity contribution in [2.24, 2.45) is 0 Å². The number of rotatable bonds is 6. The number of ether oxygens (including phenoxy) is 1. The maximum Gasteiger partial charge on any atom is 0.244 e. The van der Waals surface area contributed by atoms with Crippen LogP contribution in [0.2, 0.25) is 0 Å². The van der Waals surface area contributed by atoms with E-state index >= 15 is 0 Å². The van der Waals surface area contributed by atoms with Crippen molar-refractivity contribution in [2.45, 2.75) is 38.5 Å². The molecule has 1 fully saturated rings. The molecule has 0 spiro atoms. The van der Waals surface area contributed by atoms with Crippen molar-refractivity contribution in [3.05, 3.63) is 30.4 Å². The molecule has 3 rings (SSSR count). The van der Waals surface area contributed by atoms with Crippen molar-refractivity contribution in [3.63, 3.8) is 0 Å². The van der Waals surface area contributed by atoms with Gasteiger partial charge in [-0.15, -0.1) is 0 Å². The van der Waals surface area contributed by atoms with E-state index in [4.69, 9.17) is 9.26 Å². The van der Waals surface area contributed by atoms with Gasteiger partial charge in [-0.3, -0.25) is 4.90 Å². The number of aryl methyl sites for hydroxylation is 2. The molecule has 2 aromatic heterocycles. The zero-order valence-electron chi connectivity index (χ0n) is 12.5. The second kappa shape index (κ2) is 6.36. The predicted octanol–water partition coefficient (Wildman–Crippen LogP) is 1.43. The molecule has 21 heavy (non-hydrogen) atoms. The lowest BCUT2D eigenvalue weighted by Crippen LogP contribution is -2.27. The van der Waals surface area contributed by atoms with Crippen molar-refractivity contribution in [3.8, 4) is 0 Å². The van der Waals surface area contributed by atoms with Gasteiger partial charge >= 0.3 is 0 Å². The van der Waals surface area contributed by atoms with Gasteiger partial charge in [0.1, 0.15) is 0 Å². The van der Waals surface area contributed by atoms with Gasteiger partial charge in [-0.25, -0.2) is 4.98 Å². The van der Waals surface area contributed by atoms with Crippen LogP contribution < -0.4 is 0 Å². The van der Waals surface area contributed by atoms with Crippen LogP contribution in [0, 0.1) is 6.92 Å². The highest BCUT2D eigenvalue weighted by Gasteiger charge is 2.36. The number of methoxy groups -OCH3 is 1. The zero-order valence-corrected chi connectivity index (χ0v) is 12.5. The molecule has 0 aliphatic carbocycles. The third kappa shape index (κ3) is 3.30. The summed E-state index contributed by atoms with van der Waals surface area (Å²) in [6.45, 7) is 4.69. The Kier molecular flexibility index (Phi) is 4.31. The molecular weight excluding hydrogens is 270 g/mol. The predicted molar refractivity (Wildman–Crippen MR) is 75.6 cm³/mol. The minimum atomic E-state index is 0.166. The molecule has 7 nitrogen and oxygen atoms in total. The summed E-state index contributed by atoms with van der Waals surface area (Å²) in [6, 6.07) is 0.166. The Hall–Kier alpha value is -1.73. The Labute approximate surface area is 123 Å². The highest BCUT2D eigenvalue weighted by Crippen LogP contribution is 2.32. The number of likely N-dealkylation sites (tertiary alicyclic amines) is 1. The fourth-order valence-corrected chi connectivity index (χ4v) is 2.86. The van der Waals surface area contributed by atoms with Gasteiger partial charge in [0.05, 0.1) is 18.5 Å². The molecule has 1 aliphatic heterocycles. The summed E-state index contributed by atoms with van der Waals surface area (Å²) in [5.41, 5.74) is 0.